The van der Waals surface area contributed by atoms with Crippen LogP contribution in [0.1, 0.15) is 20.3 Å². The van der Waals surface area contributed by atoms with Gasteiger partial charge in [0.1, 0.15) is 0 Å². The van der Waals surface area contributed by atoms with E-state index >= 15 is 0 Å². The Morgan fingerprint density at radius 3 is 2.69 bits per heavy atom. The van der Waals surface area contributed by atoms with Gasteiger partial charge in [-0.25, -0.2) is 0 Å². The molecule has 0 aromatic rings. The van der Waals surface area contributed by atoms with Crippen LogP contribution in [0, 0.1) is 0 Å². The van der Waals surface area contributed by atoms with Crippen LogP contribution in [0.25, 0.3) is 0 Å². The summed E-state index contributed by atoms with van der Waals surface area (Å²) in [5.41, 5.74) is 5.50. The fourth-order valence-electron chi connectivity index (χ4n) is 0.964. The summed E-state index contributed by atoms with van der Waals surface area (Å²) in [5.74, 6) is 0.110. The number of hydrogen-bond acceptors (Lipinski definition) is 3. The van der Waals surface area contributed by atoms with E-state index in [1.165, 1.54) is 0 Å². The number of amides is 1. The Hall–Kier alpha value is -0.610. The number of hydrogen-bond donors (Lipinski definition) is 2. The third-order valence-electron chi connectivity index (χ3n) is 2.16. The zero-order valence-corrected chi connectivity index (χ0v) is 8.84. The number of likely N-dealkylation sites (N-methyl/N-ethyl adjacent to an activating group) is 1. The molecule has 0 heterocycles. The van der Waals surface area contributed by atoms with Gasteiger partial charge in [-0.3, -0.25) is 4.79 Å². The zero-order chi connectivity index (χ0) is 10.3. The molecule has 0 rings (SSSR count). The second-order valence-corrected chi connectivity index (χ2v) is 3.27. The summed E-state index contributed by atoms with van der Waals surface area (Å²) in [4.78, 5) is 13.2. The Kier molecular flexibility index (Phi) is 6.54. The Morgan fingerprint density at radius 1 is 1.62 bits per heavy atom. The number of nitrogens with zero attached hydrogens (tertiary/aromatic N) is 1. The van der Waals surface area contributed by atoms with Crippen molar-refractivity contribution in [3.63, 3.8) is 0 Å². The molecule has 0 aliphatic heterocycles. The quantitative estimate of drug-likeness (QED) is 0.605. The van der Waals surface area contributed by atoms with E-state index in [2.05, 4.69) is 17.1 Å². The van der Waals surface area contributed by atoms with Crippen molar-refractivity contribution in [2.24, 2.45) is 5.73 Å². The van der Waals surface area contributed by atoms with Gasteiger partial charge in [-0.2, -0.15) is 0 Å². The van der Waals surface area contributed by atoms with E-state index in [0.29, 0.717) is 25.6 Å². The van der Waals surface area contributed by atoms with Gasteiger partial charge in [0.15, 0.2) is 0 Å². The smallest absolute Gasteiger partial charge is 0.221 e. The van der Waals surface area contributed by atoms with Gasteiger partial charge in [-0.05, 0) is 20.9 Å². The normalized spacial score (nSPS) is 13.0. The highest BCUT2D eigenvalue weighted by molar-refractivity contribution is 5.75. The lowest BCUT2D eigenvalue weighted by atomic mass is 10.2. The van der Waals surface area contributed by atoms with Crippen molar-refractivity contribution in [1.82, 2.24) is 10.2 Å². The highest BCUT2D eigenvalue weighted by atomic mass is 16.1. The molecule has 78 valence electrons. The van der Waals surface area contributed by atoms with Crippen LogP contribution in [0.4, 0.5) is 0 Å². The Labute approximate surface area is 80.5 Å². The van der Waals surface area contributed by atoms with Crippen molar-refractivity contribution < 1.29 is 4.79 Å². The maximum atomic E-state index is 11.1. The Bertz CT molecular complexity index is 150. The molecule has 3 N–H and O–H groups in total. The second-order valence-electron chi connectivity index (χ2n) is 3.27. The molecule has 0 radical (unpaired) electrons. The van der Waals surface area contributed by atoms with Gasteiger partial charge in [0.2, 0.25) is 5.91 Å². The first kappa shape index (κ1) is 12.4. The lowest BCUT2D eigenvalue weighted by Gasteiger charge is -2.22. The van der Waals surface area contributed by atoms with E-state index in [0.717, 1.165) is 6.54 Å². The van der Waals surface area contributed by atoms with Crippen LogP contribution in [-0.4, -0.2) is 43.5 Å². The zero-order valence-electron chi connectivity index (χ0n) is 8.84. The topological polar surface area (TPSA) is 58.4 Å². The van der Waals surface area contributed by atoms with E-state index in [9.17, 15) is 4.79 Å². The maximum Gasteiger partial charge on any atom is 0.221 e. The summed E-state index contributed by atoms with van der Waals surface area (Å²) in [7, 11) is 1.98. The summed E-state index contributed by atoms with van der Waals surface area (Å²) in [6.45, 7) is 6.08. The van der Waals surface area contributed by atoms with Crippen molar-refractivity contribution in [2.45, 2.75) is 26.3 Å². The molecule has 0 aliphatic carbocycles. The average Bonchev–Trinajstić information content (AvgIpc) is 2.13. The summed E-state index contributed by atoms with van der Waals surface area (Å²) in [6.07, 6.45) is 0.550. The van der Waals surface area contributed by atoms with Crippen LogP contribution in [0.15, 0.2) is 0 Å². The van der Waals surface area contributed by atoms with E-state index in [4.69, 9.17) is 5.73 Å². The van der Waals surface area contributed by atoms with Gasteiger partial charge < -0.3 is 16.0 Å². The predicted octanol–water partition coefficient (Wildman–Crippen LogP) is -0.208. The fraction of sp³-hybridized carbons (Fsp3) is 0.889. The molecule has 0 bridgehead atoms. The Balaban J connectivity index is 3.57. The van der Waals surface area contributed by atoms with Crippen LogP contribution in [0.2, 0.25) is 0 Å². The first-order valence-electron chi connectivity index (χ1n) is 4.78. The standard InChI is InChI=1S/C9H21N3O/c1-4-11-9(13)5-6-12(3)8(2)7-10/h8H,4-7,10H2,1-3H3,(H,11,13). The molecule has 0 spiro atoms. The molecule has 0 aromatic heterocycles. The molecule has 1 atom stereocenters. The molecule has 4 nitrogen and oxygen atoms in total. The summed E-state index contributed by atoms with van der Waals surface area (Å²) in [5, 5.41) is 2.76. The van der Waals surface area contributed by atoms with E-state index in [1.807, 2.05) is 14.0 Å². The second kappa shape index (κ2) is 6.86. The van der Waals surface area contributed by atoms with Crippen molar-refractivity contribution in [2.75, 3.05) is 26.7 Å². The average molecular weight is 187 g/mol. The van der Waals surface area contributed by atoms with Gasteiger partial charge in [0.25, 0.3) is 0 Å². The lowest BCUT2D eigenvalue weighted by molar-refractivity contribution is -0.121. The van der Waals surface area contributed by atoms with E-state index in [1.54, 1.807) is 0 Å². The van der Waals surface area contributed by atoms with Gasteiger partial charge in [-0.1, -0.05) is 0 Å². The van der Waals surface area contributed by atoms with Crippen LogP contribution in [-0.2, 0) is 4.79 Å². The Morgan fingerprint density at radius 2 is 2.23 bits per heavy atom. The highest BCUT2D eigenvalue weighted by Gasteiger charge is 2.08. The van der Waals surface area contributed by atoms with Crippen molar-refractivity contribution in [3.05, 3.63) is 0 Å². The predicted molar refractivity (Wildman–Crippen MR) is 54.4 cm³/mol. The molecular weight excluding hydrogens is 166 g/mol. The monoisotopic (exact) mass is 187 g/mol. The SMILES string of the molecule is CCNC(=O)CCN(C)C(C)CN. The minimum absolute atomic E-state index is 0.110. The van der Waals surface area contributed by atoms with Gasteiger partial charge in [0.05, 0.1) is 0 Å². The molecule has 0 aromatic carbocycles. The summed E-state index contributed by atoms with van der Waals surface area (Å²) in [6, 6.07) is 0.342. The lowest BCUT2D eigenvalue weighted by Crippen LogP contribution is -2.37. The van der Waals surface area contributed by atoms with Crippen LogP contribution >= 0.6 is 0 Å². The summed E-state index contributed by atoms with van der Waals surface area (Å²) < 4.78 is 0. The molecular formula is C9H21N3O. The molecule has 0 fully saturated rings. The molecule has 4 heteroatoms. The number of nitrogens with two attached hydrogens (primary N) is 1. The van der Waals surface area contributed by atoms with E-state index < -0.39 is 0 Å². The van der Waals surface area contributed by atoms with Crippen LogP contribution in [0.5, 0.6) is 0 Å². The minimum Gasteiger partial charge on any atom is -0.356 e. The van der Waals surface area contributed by atoms with E-state index in [-0.39, 0.29) is 5.91 Å². The summed E-state index contributed by atoms with van der Waals surface area (Å²) >= 11 is 0. The number of rotatable bonds is 6. The minimum atomic E-state index is 0.110. The third kappa shape index (κ3) is 5.60. The van der Waals surface area contributed by atoms with Crippen LogP contribution < -0.4 is 11.1 Å². The highest BCUT2D eigenvalue weighted by Crippen LogP contribution is 1.94. The molecule has 1 amide bonds. The molecule has 1 unspecified atom stereocenters. The van der Waals surface area contributed by atoms with Crippen molar-refractivity contribution in [1.29, 1.82) is 0 Å². The van der Waals surface area contributed by atoms with Gasteiger partial charge in [0, 0.05) is 32.1 Å². The first-order valence-corrected chi connectivity index (χ1v) is 4.78. The molecule has 0 aliphatic rings. The number of carbonyl (C=O) groups excluding carboxylic acids is 1. The number of nitrogens with one attached hydrogen (secondary N) is 1. The first-order chi connectivity index (χ1) is 6.11. The number of carbonyl (C=O) groups is 1. The molecule has 0 saturated carbocycles. The van der Waals surface area contributed by atoms with Crippen LogP contribution in [0.3, 0.4) is 0 Å². The maximum absolute atomic E-state index is 11.1. The molecule has 0 saturated heterocycles. The third-order valence-corrected chi connectivity index (χ3v) is 2.16. The van der Waals surface area contributed by atoms with Gasteiger partial charge in [-0.15, -0.1) is 0 Å². The fourth-order valence-corrected chi connectivity index (χ4v) is 0.964. The van der Waals surface area contributed by atoms with Crippen molar-refractivity contribution in [3.8, 4) is 0 Å². The van der Waals surface area contributed by atoms with Gasteiger partial charge >= 0.3 is 0 Å². The van der Waals surface area contributed by atoms with Crippen molar-refractivity contribution >= 4 is 5.91 Å². The largest absolute Gasteiger partial charge is 0.356 e. The molecule has 13 heavy (non-hydrogen) atoms.